The van der Waals surface area contributed by atoms with E-state index in [-0.39, 0.29) is 0 Å². The molecule has 57 heavy (non-hydrogen) atoms. The molecule has 264 valence electrons. The zero-order valence-corrected chi connectivity index (χ0v) is 30.8. The molecule has 0 N–H and O–H groups in total. The van der Waals surface area contributed by atoms with Crippen LogP contribution in [0.1, 0.15) is 27.8 Å². The highest BCUT2D eigenvalue weighted by atomic mass is 14.9. The van der Waals surface area contributed by atoms with Crippen molar-refractivity contribution in [3.05, 3.63) is 222 Å². The molecule has 2 aliphatic rings. The van der Waals surface area contributed by atoms with Crippen LogP contribution >= 0.6 is 0 Å². The fourth-order valence-corrected chi connectivity index (χ4v) is 9.16. The Morgan fingerprint density at radius 2 is 0.789 bits per heavy atom. The zero-order chi connectivity index (χ0) is 37.9. The Balaban J connectivity index is 1.16. The summed E-state index contributed by atoms with van der Waals surface area (Å²) >= 11 is 0. The molecule has 0 fully saturated rings. The summed E-state index contributed by atoms with van der Waals surface area (Å²) in [4.78, 5) is 14.7. The predicted molar refractivity (Wildman–Crippen MR) is 228 cm³/mol. The van der Waals surface area contributed by atoms with Gasteiger partial charge in [-0.2, -0.15) is 5.26 Å². The molecule has 0 bridgehead atoms. The Kier molecular flexibility index (Phi) is 7.42. The van der Waals surface area contributed by atoms with Gasteiger partial charge in [-0.25, -0.2) is 9.97 Å². The van der Waals surface area contributed by atoms with Gasteiger partial charge in [0.2, 0.25) is 0 Å². The van der Waals surface area contributed by atoms with E-state index in [1.165, 1.54) is 50.1 Å². The summed E-state index contributed by atoms with van der Waals surface area (Å²) in [6.45, 7) is 0. The van der Waals surface area contributed by atoms with Crippen molar-refractivity contribution >= 4 is 0 Å². The molecule has 0 amide bonds. The predicted octanol–water partition coefficient (Wildman–Crippen LogP) is 12.4. The summed E-state index contributed by atoms with van der Waals surface area (Å²) < 4.78 is 0. The molecule has 7 aromatic carbocycles. The minimum atomic E-state index is -0.552. The van der Waals surface area contributed by atoms with E-state index in [1.54, 1.807) is 0 Å². The molecule has 0 saturated carbocycles. The lowest BCUT2D eigenvalue weighted by Crippen LogP contribution is -2.29. The largest absolute Gasteiger partial charge is 0.265 e. The molecule has 4 nitrogen and oxygen atoms in total. The molecular weight excluding hydrogens is 693 g/mol. The lowest BCUT2D eigenvalue weighted by molar-refractivity contribution is 0.775. The molecule has 2 heterocycles. The Hall–Kier alpha value is -7.74. The van der Waals surface area contributed by atoms with Gasteiger partial charge >= 0.3 is 0 Å². The van der Waals surface area contributed by atoms with E-state index in [9.17, 15) is 5.26 Å². The van der Waals surface area contributed by atoms with E-state index >= 15 is 0 Å². The van der Waals surface area contributed by atoms with Gasteiger partial charge in [0.1, 0.15) is 0 Å². The Morgan fingerprint density at radius 3 is 1.35 bits per heavy atom. The molecule has 2 aromatic heterocycles. The van der Waals surface area contributed by atoms with Crippen molar-refractivity contribution in [2.45, 2.75) is 5.41 Å². The molecule has 9 aromatic rings. The SMILES string of the molecule is N#Cc1ccc(-c2cc(-c3ccc(-c4ccncc4)cc3)nc(-c3ccc4c(c3)-c3ccccc3-c3ccccc3C43c4ccccc4-c4ccccc43)n2)cc1. The van der Waals surface area contributed by atoms with Crippen molar-refractivity contribution in [2.75, 3.05) is 0 Å². The van der Waals surface area contributed by atoms with Crippen molar-refractivity contribution in [3.63, 3.8) is 0 Å². The van der Waals surface area contributed by atoms with Crippen LogP contribution in [0, 0.1) is 11.3 Å². The first kappa shape index (κ1) is 32.7. The van der Waals surface area contributed by atoms with Crippen LogP contribution in [-0.4, -0.2) is 15.0 Å². The van der Waals surface area contributed by atoms with Crippen LogP contribution in [0.15, 0.2) is 194 Å². The van der Waals surface area contributed by atoms with Crippen LogP contribution in [0.3, 0.4) is 0 Å². The average molecular weight is 725 g/mol. The zero-order valence-electron chi connectivity index (χ0n) is 30.8. The lowest BCUT2D eigenvalue weighted by atomic mass is 9.66. The van der Waals surface area contributed by atoms with Crippen molar-refractivity contribution in [3.8, 4) is 84.5 Å². The summed E-state index contributed by atoms with van der Waals surface area (Å²) in [5, 5.41) is 9.54. The van der Waals surface area contributed by atoms with Crippen LogP contribution in [0.25, 0.3) is 78.4 Å². The second-order valence-corrected chi connectivity index (χ2v) is 14.7. The van der Waals surface area contributed by atoms with Crippen LogP contribution < -0.4 is 0 Å². The number of aromatic nitrogens is 3. The maximum atomic E-state index is 9.54. The summed E-state index contributed by atoms with van der Waals surface area (Å²) in [5.41, 5.74) is 19.1. The number of hydrogen-bond acceptors (Lipinski definition) is 4. The van der Waals surface area contributed by atoms with Crippen molar-refractivity contribution in [1.29, 1.82) is 5.26 Å². The van der Waals surface area contributed by atoms with E-state index in [2.05, 4.69) is 151 Å². The average Bonchev–Trinajstić information content (AvgIpc) is 3.54. The molecule has 0 saturated heterocycles. The van der Waals surface area contributed by atoms with Crippen LogP contribution in [0.4, 0.5) is 0 Å². The third-order valence-corrected chi connectivity index (χ3v) is 11.7. The number of nitriles is 1. The first-order chi connectivity index (χ1) is 28.2. The van der Waals surface area contributed by atoms with E-state index in [0.717, 1.165) is 44.8 Å². The van der Waals surface area contributed by atoms with Gasteiger partial charge in [-0.15, -0.1) is 0 Å². The molecular formula is C53H32N4. The summed E-state index contributed by atoms with van der Waals surface area (Å²) in [7, 11) is 0. The van der Waals surface area contributed by atoms with Gasteiger partial charge in [0.25, 0.3) is 0 Å². The van der Waals surface area contributed by atoms with Crippen molar-refractivity contribution in [1.82, 2.24) is 15.0 Å². The number of nitrogens with zero attached hydrogens (tertiary/aromatic N) is 4. The van der Waals surface area contributed by atoms with Gasteiger partial charge < -0.3 is 0 Å². The topological polar surface area (TPSA) is 62.5 Å². The lowest BCUT2D eigenvalue weighted by Gasteiger charge is -2.35. The molecule has 0 atom stereocenters. The quantitative estimate of drug-likeness (QED) is 0.181. The maximum Gasteiger partial charge on any atom is 0.160 e. The minimum absolute atomic E-state index is 0.552. The van der Waals surface area contributed by atoms with E-state index in [4.69, 9.17) is 9.97 Å². The number of benzene rings is 7. The molecule has 0 unspecified atom stereocenters. The fourth-order valence-electron chi connectivity index (χ4n) is 9.16. The minimum Gasteiger partial charge on any atom is -0.265 e. The molecule has 1 spiro atoms. The Labute approximate surface area is 331 Å². The van der Waals surface area contributed by atoms with E-state index in [0.29, 0.717) is 11.4 Å². The van der Waals surface area contributed by atoms with Gasteiger partial charge in [0.15, 0.2) is 5.82 Å². The van der Waals surface area contributed by atoms with Gasteiger partial charge in [-0.05, 0) is 103 Å². The van der Waals surface area contributed by atoms with Crippen molar-refractivity contribution in [2.24, 2.45) is 0 Å². The third kappa shape index (κ3) is 5.03. The fraction of sp³-hybridized carbons (Fsp3) is 0.0189. The van der Waals surface area contributed by atoms with Crippen molar-refractivity contribution < 1.29 is 0 Å². The molecule has 11 rings (SSSR count). The number of pyridine rings is 1. The maximum absolute atomic E-state index is 9.54. The smallest absolute Gasteiger partial charge is 0.160 e. The first-order valence-electron chi connectivity index (χ1n) is 19.1. The molecule has 4 heteroatoms. The molecule has 0 aliphatic heterocycles. The number of hydrogen-bond donors (Lipinski definition) is 0. The highest BCUT2D eigenvalue weighted by Gasteiger charge is 2.49. The van der Waals surface area contributed by atoms with Gasteiger partial charge in [-0.1, -0.05) is 146 Å². The van der Waals surface area contributed by atoms with Crippen LogP contribution in [0.2, 0.25) is 0 Å². The van der Waals surface area contributed by atoms with Gasteiger partial charge in [0, 0.05) is 29.1 Å². The van der Waals surface area contributed by atoms with E-state index in [1.807, 2.05) is 54.9 Å². The highest BCUT2D eigenvalue weighted by molar-refractivity contribution is 5.98. The Morgan fingerprint density at radius 1 is 0.368 bits per heavy atom. The van der Waals surface area contributed by atoms with Gasteiger partial charge in [-0.3, -0.25) is 4.98 Å². The second kappa shape index (κ2) is 12.9. The van der Waals surface area contributed by atoms with Gasteiger partial charge in [0.05, 0.1) is 28.4 Å². The standard InChI is InChI=1S/C53H32N4/c54-33-34-17-19-37(20-18-34)50-32-51(38-23-21-35(22-24-38)36-27-29-55-30-28-36)57-52(56-50)39-25-26-49-45(31-39)41-10-2-1-9-40(41)42-11-3-6-14-46(42)53(49)47-15-7-4-12-43(47)44-13-5-8-16-48(44)53/h1-32H. The molecule has 2 aliphatic carbocycles. The second-order valence-electron chi connectivity index (χ2n) is 14.7. The monoisotopic (exact) mass is 724 g/mol. The normalized spacial score (nSPS) is 12.7. The Bertz CT molecular complexity index is 3020. The third-order valence-electron chi connectivity index (χ3n) is 11.7. The summed E-state index contributed by atoms with van der Waals surface area (Å²) in [5.74, 6) is 0.633. The summed E-state index contributed by atoms with van der Waals surface area (Å²) in [6, 6.07) is 66.8. The van der Waals surface area contributed by atoms with E-state index < -0.39 is 5.41 Å². The first-order valence-corrected chi connectivity index (χ1v) is 19.1. The van der Waals surface area contributed by atoms with Crippen LogP contribution in [0.5, 0.6) is 0 Å². The van der Waals surface area contributed by atoms with Crippen LogP contribution in [-0.2, 0) is 5.41 Å². The number of rotatable bonds is 4. The molecule has 0 radical (unpaired) electrons. The summed E-state index contributed by atoms with van der Waals surface area (Å²) in [6.07, 6.45) is 3.63. The highest BCUT2D eigenvalue weighted by Crippen LogP contribution is 2.61. The number of fused-ring (bicyclic) bond motifs is 12.